The van der Waals surface area contributed by atoms with Crippen molar-refractivity contribution in [1.29, 1.82) is 0 Å². The quantitative estimate of drug-likeness (QED) is 0.121. The van der Waals surface area contributed by atoms with Gasteiger partial charge in [0.2, 0.25) is 17.8 Å². The number of aromatic nitrogens is 4. The highest BCUT2D eigenvalue weighted by atomic mass is 35.5. The molecule has 2 heterocycles. The highest BCUT2D eigenvalue weighted by molar-refractivity contribution is 6.41. The zero-order valence-corrected chi connectivity index (χ0v) is 28.3. The van der Waals surface area contributed by atoms with Gasteiger partial charge in [-0.25, -0.2) is 9.97 Å². The first kappa shape index (κ1) is 34.6. The van der Waals surface area contributed by atoms with Gasteiger partial charge in [-0.1, -0.05) is 60.6 Å². The predicted octanol–water partition coefficient (Wildman–Crippen LogP) is 6.72. The Kier molecular flexibility index (Phi) is 10.6. The summed E-state index contributed by atoms with van der Waals surface area (Å²) < 4.78 is 12.3. The van der Waals surface area contributed by atoms with Crippen LogP contribution in [-0.2, 0) is 22.6 Å². The van der Waals surface area contributed by atoms with Crippen LogP contribution >= 0.6 is 23.2 Å². The predicted molar refractivity (Wildman–Crippen MR) is 192 cm³/mol. The lowest BCUT2D eigenvalue weighted by molar-refractivity contribution is -0.112. The van der Waals surface area contributed by atoms with Crippen molar-refractivity contribution in [1.82, 2.24) is 19.5 Å². The van der Waals surface area contributed by atoms with Gasteiger partial charge in [0, 0.05) is 18.3 Å². The number of carbonyl (C=O) groups excluding carboxylic acids is 2. The second-order valence-electron chi connectivity index (χ2n) is 10.6. The van der Waals surface area contributed by atoms with Crippen molar-refractivity contribution < 1.29 is 19.1 Å². The molecule has 0 bridgehead atoms. The van der Waals surface area contributed by atoms with E-state index in [9.17, 15) is 14.4 Å². The molecule has 12 nitrogen and oxygen atoms in total. The van der Waals surface area contributed by atoms with E-state index in [1.807, 2.05) is 25.1 Å². The number of nitrogens with zero attached hydrogens (tertiary/aromatic N) is 4. The first-order valence-electron chi connectivity index (χ1n) is 14.8. The van der Waals surface area contributed by atoms with Gasteiger partial charge in [-0.2, -0.15) is 4.98 Å². The number of nitrogens with one attached hydrogen (secondary N) is 3. The molecule has 49 heavy (non-hydrogen) atoms. The monoisotopic (exact) mass is 699 g/mol. The van der Waals surface area contributed by atoms with Crippen LogP contribution in [0.5, 0.6) is 11.5 Å². The Morgan fingerprint density at radius 2 is 1.59 bits per heavy atom. The van der Waals surface area contributed by atoms with E-state index in [0.29, 0.717) is 23.5 Å². The summed E-state index contributed by atoms with van der Waals surface area (Å²) in [7, 11) is 2.87. The molecule has 0 saturated carbocycles. The number of ether oxygens (including phenoxy) is 2. The fourth-order valence-corrected chi connectivity index (χ4v) is 5.66. The lowest BCUT2D eigenvalue weighted by Crippen LogP contribution is -2.26. The number of aryl methyl sites for hydroxylation is 3. The van der Waals surface area contributed by atoms with Gasteiger partial charge < -0.3 is 25.4 Å². The number of benzene rings is 3. The zero-order chi connectivity index (χ0) is 35.2. The van der Waals surface area contributed by atoms with E-state index in [1.54, 1.807) is 24.3 Å². The molecule has 0 aliphatic rings. The maximum Gasteiger partial charge on any atom is 0.278 e. The molecule has 3 N–H and O–H groups in total. The van der Waals surface area contributed by atoms with Crippen LogP contribution in [0.2, 0.25) is 10.0 Å². The highest BCUT2D eigenvalue weighted by Crippen LogP contribution is 2.44. The highest BCUT2D eigenvalue weighted by Gasteiger charge is 2.25. The van der Waals surface area contributed by atoms with E-state index in [2.05, 4.69) is 39.1 Å². The van der Waals surface area contributed by atoms with E-state index >= 15 is 0 Å². The number of para-hydroxylation sites is 1. The number of hydrogen-bond donors (Lipinski definition) is 3. The summed E-state index contributed by atoms with van der Waals surface area (Å²) in [6.07, 6.45) is 4.23. The lowest BCUT2D eigenvalue weighted by Gasteiger charge is -2.17. The van der Waals surface area contributed by atoms with Gasteiger partial charge >= 0.3 is 0 Å². The van der Waals surface area contributed by atoms with E-state index < -0.39 is 5.56 Å². The number of fused-ring (bicyclic) bond motifs is 1. The molecule has 3 aromatic carbocycles. The Morgan fingerprint density at radius 3 is 2.22 bits per heavy atom. The van der Waals surface area contributed by atoms with Crippen LogP contribution in [-0.4, -0.2) is 45.6 Å². The first-order valence-corrected chi connectivity index (χ1v) is 15.5. The number of amides is 2. The third-order valence-electron chi connectivity index (χ3n) is 7.48. The number of anilines is 4. The molecular weight excluding hydrogens is 669 g/mol. The molecule has 0 radical (unpaired) electrons. The van der Waals surface area contributed by atoms with Crippen molar-refractivity contribution in [2.45, 2.75) is 19.9 Å². The van der Waals surface area contributed by atoms with Crippen molar-refractivity contribution >= 4 is 69.2 Å². The zero-order valence-electron chi connectivity index (χ0n) is 26.8. The summed E-state index contributed by atoms with van der Waals surface area (Å²) in [6.45, 7) is 9.01. The molecule has 0 saturated heterocycles. The molecule has 0 aliphatic heterocycles. The average molecular weight is 701 g/mol. The minimum absolute atomic E-state index is 0.0557. The number of methoxy groups -OCH3 is 2. The lowest BCUT2D eigenvalue weighted by atomic mass is 10.1. The van der Waals surface area contributed by atoms with Gasteiger partial charge in [-0.3, -0.25) is 19.0 Å². The van der Waals surface area contributed by atoms with Crippen LogP contribution < -0.4 is 31.0 Å². The molecule has 2 aromatic heterocycles. The van der Waals surface area contributed by atoms with E-state index in [4.69, 9.17) is 37.7 Å². The normalized spacial score (nSPS) is 10.7. The van der Waals surface area contributed by atoms with Crippen LogP contribution in [0.25, 0.3) is 22.4 Å². The van der Waals surface area contributed by atoms with Crippen molar-refractivity contribution in [2.75, 3.05) is 30.2 Å². The topological polar surface area (TPSA) is 149 Å². The van der Waals surface area contributed by atoms with E-state index in [-0.39, 0.29) is 68.3 Å². The maximum absolute atomic E-state index is 14.4. The Bertz CT molecular complexity index is 2140. The standard InChI is InChI=1S/C35H31Cl2N7O5/c1-6-26(45)39-21-13-11-20(12-14-21)15-16-44-33-23(41-32(34(44)47)28-29(36)24(48-4)17-25(49-5)30(28)37)18-38-35(43-33)42-31-19(3)9-8-10-22(31)40-27(46)7-2/h6-14,17-18H,1-2,15-16H2,3-5H3,(H,39,45)(H,40,46)(H,38,42,43). The summed E-state index contributed by atoms with van der Waals surface area (Å²) in [6, 6.07) is 14.1. The van der Waals surface area contributed by atoms with Gasteiger partial charge in [0.05, 0.1) is 47.4 Å². The first-order chi connectivity index (χ1) is 23.6. The average Bonchev–Trinajstić information content (AvgIpc) is 3.10. The number of rotatable bonds is 12. The third-order valence-corrected chi connectivity index (χ3v) is 8.23. The van der Waals surface area contributed by atoms with Crippen LogP contribution in [0.1, 0.15) is 11.1 Å². The van der Waals surface area contributed by atoms with Crippen LogP contribution in [0.15, 0.2) is 84.8 Å². The molecule has 250 valence electrons. The smallest absolute Gasteiger partial charge is 0.278 e. The molecule has 2 amide bonds. The number of carbonyl (C=O) groups is 2. The second-order valence-corrected chi connectivity index (χ2v) is 11.3. The molecule has 5 rings (SSSR count). The SMILES string of the molecule is C=CC(=O)Nc1ccc(CCn2c(=O)c(-c3c(Cl)c(OC)cc(OC)c3Cl)nc3cnc(Nc4c(C)cccc4NC(=O)C=C)nc32)cc1. The summed E-state index contributed by atoms with van der Waals surface area (Å²) in [4.78, 5) is 52.0. The fourth-order valence-electron chi connectivity index (χ4n) is 4.98. The summed E-state index contributed by atoms with van der Waals surface area (Å²) in [5.41, 5.74) is 3.39. The minimum Gasteiger partial charge on any atom is -0.495 e. The molecule has 0 aliphatic carbocycles. The van der Waals surface area contributed by atoms with Crippen LogP contribution in [0, 0.1) is 6.92 Å². The van der Waals surface area contributed by atoms with Gasteiger partial charge in [-0.15, -0.1) is 0 Å². The maximum atomic E-state index is 14.4. The summed E-state index contributed by atoms with van der Waals surface area (Å²) in [5, 5.41) is 8.81. The molecule has 0 atom stereocenters. The Balaban J connectivity index is 1.64. The molecule has 0 spiro atoms. The second kappa shape index (κ2) is 15.0. The van der Waals surface area contributed by atoms with Gasteiger partial charge in [-0.05, 0) is 54.8 Å². The Morgan fingerprint density at radius 1 is 0.939 bits per heavy atom. The van der Waals surface area contributed by atoms with Crippen molar-refractivity contribution in [2.24, 2.45) is 0 Å². The Labute approximate surface area is 291 Å². The van der Waals surface area contributed by atoms with Gasteiger partial charge in [0.25, 0.3) is 5.56 Å². The summed E-state index contributed by atoms with van der Waals surface area (Å²) >= 11 is 13.4. The largest absolute Gasteiger partial charge is 0.495 e. The van der Waals surface area contributed by atoms with E-state index in [1.165, 1.54) is 43.2 Å². The number of halogens is 2. The minimum atomic E-state index is -0.527. The van der Waals surface area contributed by atoms with Crippen molar-refractivity contribution in [3.8, 4) is 22.8 Å². The molecule has 0 unspecified atom stereocenters. The van der Waals surface area contributed by atoms with E-state index in [0.717, 1.165) is 11.1 Å². The van der Waals surface area contributed by atoms with Gasteiger partial charge in [0.15, 0.2) is 5.65 Å². The van der Waals surface area contributed by atoms with Crippen LogP contribution in [0.3, 0.4) is 0 Å². The Hall–Kier alpha value is -5.72. The molecule has 0 fully saturated rings. The van der Waals surface area contributed by atoms with Crippen molar-refractivity contribution in [3.63, 3.8) is 0 Å². The van der Waals surface area contributed by atoms with Crippen molar-refractivity contribution in [3.05, 3.63) is 112 Å². The van der Waals surface area contributed by atoms with Crippen LogP contribution in [0.4, 0.5) is 23.0 Å². The number of hydrogen-bond acceptors (Lipinski definition) is 9. The van der Waals surface area contributed by atoms with Gasteiger partial charge in [0.1, 0.15) is 22.7 Å². The summed E-state index contributed by atoms with van der Waals surface area (Å²) in [5.74, 6) is -0.0848. The molecular formula is C35H31Cl2N7O5. The molecule has 14 heteroatoms. The third kappa shape index (κ3) is 7.40. The fraction of sp³-hybridized carbons (Fsp3) is 0.143. The molecule has 5 aromatic rings.